The number of carbonyl (C=O) groups is 3. The molecule has 0 bridgehead atoms. The lowest BCUT2D eigenvalue weighted by Gasteiger charge is -2.41. The maximum absolute atomic E-state index is 12.7. The zero-order valence-corrected chi connectivity index (χ0v) is 19.0. The average molecular weight is 474 g/mol. The number of hydrogen-bond acceptors (Lipinski definition) is 8. The summed E-state index contributed by atoms with van der Waals surface area (Å²) in [7, 11) is 0. The van der Waals surface area contributed by atoms with E-state index in [9.17, 15) is 29.7 Å². The van der Waals surface area contributed by atoms with Crippen LogP contribution in [0.4, 0.5) is 0 Å². The van der Waals surface area contributed by atoms with Gasteiger partial charge in [0.05, 0.1) is 0 Å². The fourth-order valence-corrected chi connectivity index (χ4v) is 4.42. The van der Waals surface area contributed by atoms with Gasteiger partial charge in [0.2, 0.25) is 16.9 Å². The highest BCUT2D eigenvalue weighted by atomic mass is 32.2. The fourth-order valence-electron chi connectivity index (χ4n) is 3.44. The molecule has 9 nitrogen and oxygen atoms in total. The second-order valence-electron chi connectivity index (χ2n) is 7.88. The van der Waals surface area contributed by atoms with E-state index in [2.05, 4.69) is 10.3 Å². The first-order chi connectivity index (χ1) is 15.8. The number of likely N-dealkylation sites (tertiary alicyclic amines) is 1. The Labute approximate surface area is 195 Å². The minimum absolute atomic E-state index is 0.0747. The van der Waals surface area contributed by atoms with Gasteiger partial charge in [0.15, 0.2) is 11.5 Å². The quantitative estimate of drug-likeness (QED) is 0.396. The number of nitrogens with zero attached hydrogens (tertiary/aromatic N) is 2. The van der Waals surface area contributed by atoms with Crippen molar-refractivity contribution in [2.45, 2.75) is 44.4 Å². The number of nitrogens with one attached hydrogen (secondary N) is 1. The number of benzene rings is 1. The molecule has 2 heterocycles. The number of rotatable bonds is 9. The molecule has 1 aliphatic rings. The molecule has 1 saturated heterocycles. The second kappa shape index (κ2) is 11.2. The molecule has 0 radical (unpaired) electrons. The van der Waals surface area contributed by atoms with Crippen LogP contribution in [0.2, 0.25) is 0 Å². The maximum atomic E-state index is 12.7. The number of phenolic OH excluding ortho intramolecular Hbond substituents is 2. The van der Waals surface area contributed by atoms with Crippen LogP contribution >= 0.6 is 11.8 Å². The van der Waals surface area contributed by atoms with E-state index < -0.39 is 24.1 Å². The molecule has 2 amide bonds. The number of pyridine rings is 1. The summed E-state index contributed by atoms with van der Waals surface area (Å²) in [6.07, 6.45) is 3.18. The van der Waals surface area contributed by atoms with Crippen molar-refractivity contribution in [2.75, 3.05) is 12.3 Å². The van der Waals surface area contributed by atoms with Crippen LogP contribution in [0.25, 0.3) is 0 Å². The Morgan fingerprint density at radius 3 is 2.52 bits per heavy atom. The summed E-state index contributed by atoms with van der Waals surface area (Å²) in [5.74, 6) is -1.16. The topological polar surface area (TPSA) is 140 Å². The van der Waals surface area contributed by atoms with Crippen molar-refractivity contribution >= 4 is 28.7 Å². The van der Waals surface area contributed by atoms with Crippen LogP contribution in [0, 0.1) is 0 Å². The average Bonchev–Trinajstić information content (AvgIpc) is 2.76. The highest BCUT2D eigenvalue weighted by Gasteiger charge is 2.39. The first-order valence-electron chi connectivity index (χ1n) is 10.6. The number of thioether (sulfide) groups is 1. The van der Waals surface area contributed by atoms with E-state index in [0.717, 1.165) is 12.0 Å². The van der Waals surface area contributed by atoms with Gasteiger partial charge in [-0.05, 0) is 55.2 Å². The molecule has 1 fully saturated rings. The molecule has 3 atom stereocenters. The van der Waals surface area contributed by atoms with E-state index in [1.54, 1.807) is 12.4 Å². The predicted molar refractivity (Wildman–Crippen MR) is 123 cm³/mol. The Balaban J connectivity index is 1.45. The molecule has 0 aliphatic carbocycles. The third kappa shape index (κ3) is 6.45. The minimum atomic E-state index is -1.44. The number of aliphatic hydroxyl groups is 1. The smallest absolute Gasteiger partial charge is 0.249 e. The summed E-state index contributed by atoms with van der Waals surface area (Å²) >= 11 is 1.19. The molecule has 3 rings (SSSR count). The summed E-state index contributed by atoms with van der Waals surface area (Å²) in [6, 6.07) is 6.37. The third-order valence-electron chi connectivity index (χ3n) is 5.46. The number of hydrogen-bond donors (Lipinski definition) is 4. The lowest BCUT2D eigenvalue weighted by molar-refractivity contribution is -0.146. The van der Waals surface area contributed by atoms with Gasteiger partial charge in [-0.25, -0.2) is 0 Å². The highest BCUT2D eigenvalue weighted by Crippen LogP contribution is 2.26. The van der Waals surface area contributed by atoms with Crippen molar-refractivity contribution in [3.8, 4) is 11.5 Å². The number of carbonyl (C=O) groups excluding carboxylic acids is 3. The molecule has 176 valence electrons. The molecular formula is C23H27N3O6S. The van der Waals surface area contributed by atoms with Gasteiger partial charge in [0.1, 0.15) is 18.2 Å². The third-order valence-corrected chi connectivity index (χ3v) is 6.42. The first kappa shape index (κ1) is 24.5. The number of phenols is 2. The van der Waals surface area contributed by atoms with E-state index in [0.29, 0.717) is 24.3 Å². The Morgan fingerprint density at radius 1 is 1.15 bits per heavy atom. The molecule has 1 aromatic carbocycles. The monoisotopic (exact) mass is 473 g/mol. The van der Waals surface area contributed by atoms with Gasteiger partial charge in [-0.3, -0.25) is 19.4 Å². The van der Waals surface area contributed by atoms with Crippen molar-refractivity contribution in [1.29, 1.82) is 0 Å². The Kier molecular flexibility index (Phi) is 8.29. The summed E-state index contributed by atoms with van der Waals surface area (Å²) in [4.78, 5) is 43.0. The number of aromatic hydroxyl groups is 2. The Hall–Kier alpha value is -3.11. The molecule has 33 heavy (non-hydrogen) atoms. The number of aryl methyl sites for hydroxylation is 1. The fraction of sp³-hybridized carbons (Fsp3) is 0.391. The van der Waals surface area contributed by atoms with Gasteiger partial charge in [0, 0.05) is 31.1 Å². The molecule has 1 aromatic heterocycles. The Morgan fingerprint density at radius 2 is 1.88 bits per heavy atom. The van der Waals surface area contributed by atoms with Crippen molar-refractivity contribution in [2.24, 2.45) is 0 Å². The van der Waals surface area contributed by atoms with E-state index >= 15 is 0 Å². The van der Waals surface area contributed by atoms with Crippen molar-refractivity contribution in [3.63, 3.8) is 0 Å². The largest absolute Gasteiger partial charge is 0.504 e. The van der Waals surface area contributed by atoms with E-state index in [1.165, 1.54) is 41.8 Å². The second-order valence-corrected chi connectivity index (χ2v) is 8.98. The molecule has 4 N–H and O–H groups in total. The first-order valence-corrected chi connectivity index (χ1v) is 11.6. The summed E-state index contributed by atoms with van der Waals surface area (Å²) in [5, 5.41) is 31.4. The van der Waals surface area contributed by atoms with E-state index in [-0.39, 0.29) is 28.9 Å². The Bertz CT molecular complexity index is 1000. The van der Waals surface area contributed by atoms with Crippen LogP contribution in [-0.2, 0) is 27.2 Å². The molecule has 3 unspecified atom stereocenters. The number of aromatic nitrogens is 1. The normalized spacial score (nSPS) is 17.0. The van der Waals surface area contributed by atoms with Gasteiger partial charge < -0.3 is 25.5 Å². The summed E-state index contributed by atoms with van der Waals surface area (Å²) < 4.78 is 0. The van der Waals surface area contributed by atoms with E-state index in [4.69, 9.17) is 0 Å². The SMILES string of the molecule is CC(NC(=O)C(O)Cc1ccc(O)c(O)c1)C(=O)N1CCC1C(=O)SCCc1ccncc1. The molecule has 10 heteroatoms. The van der Waals surface area contributed by atoms with Crippen LogP contribution in [0.5, 0.6) is 11.5 Å². The van der Waals surface area contributed by atoms with Gasteiger partial charge in [-0.15, -0.1) is 0 Å². The van der Waals surface area contributed by atoms with Crippen LogP contribution in [0.3, 0.4) is 0 Å². The number of amides is 2. The summed E-state index contributed by atoms with van der Waals surface area (Å²) in [6.45, 7) is 1.95. The van der Waals surface area contributed by atoms with Crippen molar-refractivity contribution in [1.82, 2.24) is 15.2 Å². The zero-order valence-electron chi connectivity index (χ0n) is 18.2. The van der Waals surface area contributed by atoms with Gasteiger partial charge >= 0.3 is 0 Å². The standard InChI is InChI=1S/C23H27N3O6S/c1-14(25-21(30)20(29)13-16-2-3-18(27)19(28)12-16)22(31)26-10-6-17(26)23(32)33-11-7-15-4-8-24-9-5-15/h2-5,8-9,12,14,17,20,27-29H,6-7,10-11,13H2,1H3,(H,25,30). The highest BCUT2D eigenvalue weighted by molar-refractivity contribution is 8.13. The number of aliphatic hydroxyl groups excluding tert-OH is 1. The zero-order chi connectivity index (χ0) is 24.0. The van der Waals surface area contributed by atoms with Crippen LogP contribution in [0.1, 0.15) is 24.5 Å². The molecule has 2 aromatic rings. The molecule has 0 saturated carbocycles. The van der Waals surface area contributed by atoms with Crippen LogP contribution in [-0.4, -0.2) is 72.6 Å². The van der Waals surface area contributed by atoms with E-state index in [1.807, 2.05) is 12.1 Å². The molecule has 0 spiro atoms. The van der Waals surface area contributed by atoms with Crippen LogP contribution < -0.4 is 5.32 Å². The van der Waals surface area contributed by atoms with Crippen LogP contribution in [0.15, 0.2) is 42.7 Å². The van der Waals surface area contributed by atoms with Gasteiger partial charge in [0.25, 0.3) is 0 Å². The van der Waals surface area contributed by atoms with Crippen molar-refractivity contribution in [3.05, 3.63) is 53.9 Å². The predicted octanol–water partition coefficient (Wildman–Crippen LogP) is 1.00. The maximum Gasteiger partial charge on any atom is 0.249 e. The summed E-state index contributed by atoms with van der Waals surface area (Å²) in [5.41, 5.74) is 1.54. The lowest BCUT2D eigenvalue weighted by atomic mass is 10.0. The van der Waals surface area contributed by atoms with Gasteiger partial charge in [-0.1, -0.05) is 17.8 Å². The molecule has 1 aliphatic heterocycles. The van der Waals surface area contributed by atoms with Gasteiger partial charge in [-0.2, -0.15) is 0 Å². The minimum Gasteiger partial charge on any atom is -0.504 e. The molecular weight excluding hydrogens is 446 g/mol. The lowest BCUT2D eigenvalue weighted by Crippen LogP contribution is -2.60. The van der Waals surface area contributed by atoms with Crippen molar-refractivity contribution < 1.29 is 29.7 Å².